The molecule has 0 amide bonds. The molecule has 0 saturated carbocycles. The van der Waals surface area contributed by atoms with Crippen LogP contribution >= 0.6 is 0 Å². The second kappa shape index (κ2) is 8.11. The number of sulfonamides is 1. The highest BCUT2D eigenvalue weighted by Crippen LogP contribution is 2.25. The zero-order chi connectivity index (χ0) is 18.6. The average Bonchev–Trinajstić information content (AvgIpc) is 2.68. The van der Waals surface area contributed by atoms with Crippen molar-refractivity contribution in [2.75, 3.05) is 37.7 Å². The summed E-state index contributed by atoms with van der Waals surface area (Å²) in [6.07, 6.45) is 0.641. The quantitative estimate of drug-likeness (QED) is 0.828. The number of anilines is 1. The van der Waals surface area contributed by atoms with Crippen LogP contribution in [0.1, 0.15) is 19.4 Å². The highest BCUT2D eigenvalue weighted by atomic mass is 32.2. The summed E-state index contributed by atoms with van der Waals surface area (Å²) in [5.74, 6) is 0.808. The first-order chi connectivity index (χ1) is 12.5. The molecule has 7 nitrogen and oxygen atoms in total. The Balaban J connectivity index is 1.91. The molecule has 0 bridgehead atoms. The van der Waals surface area contributed by atoms with Crippen molar-refractivity contribution in [3.8, 4) is 11.3 Å². The van der Waals surface area contributed by atoms with Crippen LogP contribution in [0.15, 0.2) is 35.2 Å². The van der Waals surface area contributed by atoms with Crippen molar-refractivity contribution in [3.05, 3.63) is 35.9 Å². The minimum Gasteiger partial charge on any atom is -0.378 e. The Morgan fingerprint density at radius 1 is 1.12 bits per heavy atom. The fourth-order valence-corrected chi connectivity index (χ4v) is 4.34. The minimum atomic E-state index is -3.53. The fraction of sp³-hybridized carbons (Fsp3) is 0.444. The van der Waals surface area contributed by atoms with Gasteiger partial charge in [0.05, 0.1) is 23.8 Å². The Kier molecular flexibility index (Phi) is 5.85. The van der Waals surface area contributed by atoms with Gasteiger partial charge in [-0.1, -0.05) is 26.0 Å². The molecule has 2 heterocycles. The maximum Gasteiger partial charge on any atom is 0.240 e. The molecule has 140 valence electrons. The van der Waals surface area contributed by atoms with Crippen LogP contribution in [0.4, 0.5) is 5.82 Å². The molecule has 3 rings (SSSR count). The van der Waals surface area contributed by atoms with Gasteiger partial charge in [-0.15, -0.1) is 10.2 Å². The van der Waals surface area contributed by atoms with E-state index in [4.69, 9.17) is 4.74 Å². The van der Waals surface area contributed by atoms with E-state index in [0.29, 0.717) is 36.8 Å². The lowest BCUT2D eigenvalue weighted by Gasteiger charge is -2.27. The summed E-state index contributed by atoms with van der Waals surface area (Å²) in [5, 5.41) is 8.61. The second-order valence-electron chi connectivity index (χ2n) is 6.05. The first kappa shape index (κ1) is 18.8. The summed E-state index contributed by atoms with van der Waals surface area (Å²) in [4.78, 5) is 2.43. The summed E-state index contributed by atoms with van der Waals surface area (Å²) in [5.41, 5.74) is 2.17. The highest BCUT2D eigenvalue weighted by molar-refractivity contribution is 7.89. The molecule has 0 radical (unpaired) electrons. The monoisotopic (exact) mass is 376 g/mol. The second-order valence-corrected chi connectivity index (χ2v) is 7.79. The predicted octanol–water partition coefficient (Wildman–Crippen LogP) is 1.84. The fourth-order valence-electron chi connectivity index (χ4n) is 2.96. The summed E-state index contributed by atoms with van der Waals surface area (Å²) >= 11 is 0. The van der Waals surface area contributed by atoms with Crippen molar-refractivity contribution in [2.45, 2.75) is 25.2 Å². The van der Waals surface area contributed by atoms with Gasteiger partial charge in [0.15, 0.2) is 5.82 Å². The number of aryl methyl sites for hydroxylation is 1. The van der Waals surface area contributed by atoms with E-state index in [0.717, 1.165) is 30.0 Å². The molecule has 0 spiro atoms. The summed E-state index contributed by atoms with van der Waals surface area (Å²) in [7, 11) is -3.53. The molecule has 1 aliphatic rings. The van der Waals surface area contributed by atoms with E-state index in [1.54, 1.807) is 13.0 Å². The molecule has 0 unspecified atom stereocenters. The lowest BCUT2D eigenvalue weighted by molar-refractivity contribution is 0.122. The molecule has 0 atom stereocenters. The lowest BCUT2D eigenvalue weighted by atomic mass is 10.1. The smallest absolute Gasteiger partial charge is 0.240 e. The first-order valence-corrected chi connectivity index (χ1v) is 10.3. The summed E-state index contributed by atoms with van der Waals surface area (Å²) in [6, 6.07) is 9.21. The molecular formula is C18H24N4O3S. The van der Waals surface area contributed by atoms with Crippen LogP contribution in [0.5, 0.6) is 0 Å². The number of rotatable bonds is 6. The molecule has 1 aliphatic heterocycles. The summed E-state index contributed by atoms with van der Waals surface area (Å²) in [6.45, 7) is 7.03. The summed E-state index contributed by atoms with van der Waals surface area (Å²) < 4.78 is 32.9. The van der Waals surface area contributed by atoms with Crippen LogP contribution in [-0.2, 0) is 21.2 Å². The minimum absolute atomic E-state index is 0.304. The van der Waals surface area contributed by atoms with E-state index in [1.165, 1.54) is 0 Å². The third-order valence-corrected chi connectivity index (χ3v) is 5.98. The number of morpholine rings is 1. The molecule has 2 aromatic rings. The molecule has 1 aromatic heterocycles. The molecule has 1 saturated heterocycles. The molecule has 1 fully saturated rings. The third-order valence-electron chi connectivity index (χ3n) is 4.35. The standard InChI is InChI=1S/C18H24N4O3S/c1-3-14-5-6-15(13-17(14)26(23,24)19-4-2)16-7-8-18(21-20-16)22-9-11-25-12-10-22/h5-8,13,19H,3-4,9-12H2,1-2H3. The SMILES string of the molecule is CCNS(=O)(=O)c1cc(-c2ccc(N3CCOCC3)nn2)ccc1CC. The van der Waals surface area contributed by atoms with E-state index < -0.39 is 10.0 Å². The van der Waals surface area contributed by atoms with Crippen molar-refractivity contribution < 1.29 is 13.2 Å². The lowest BCUT2D eigenvalue weighted by Crippen LogP contribution is -2.36. The zero-order valence-corrected chi connectivity index (χ0v) is 15.9. The van der Waals surface area contributed by atoms with E-state index in [9.17, 15) is 8.42 Å². The first-order valence-electron chi connectivity index (χ1n) is 8.84. The van der Waals surface area contributed by atoms with Crippen molar-refractivity contribution >= 4 is 15.8 Å². The van der Waals surface area contributed by atoms with E-state index >= 15 is 0 Å². The number of ether oxygens (including phenoxy) is 1. The van der Waals surface area contributed by atoms with Crippen molar-refractivity contribution in [1.29, 1.82) is 0 Å². The Hall–Kier alpha value is -2.03. The van der Waals surface area contributed by atoms with E-state index in [1.807, 2.05) is 31.2 Å². The van der Waals surface area contributed by atoms with Gasteiger partial charge in [0.1, 0.15) is 0 Å². The average molecular weight is 376 g/mol. The van der Waals surface area contributed by atoms with Crippen molar-refractivity contribution in [3.63, 3.8) is 0 Å². The number of hydrogen-bond donors (Lipinski definition) is 1. The molecule has 1 N–H and O–H groups in total. The number of hydrogen-bond acceptors (Lipinski definition) is 6. The topological polar surface area (TPSA) is 84.4 Å². The van der Waals surface area contributed by atoms with Crippen LogP contribution in [0, 0.1) is 0 Å². The maximum absolute atomic E-state index is 12.5. The maximum atomic E-state index is 12.5. The number of aromatic nitrogens is 2. The van der Waals surface area contributed by atoms with Crippen LogP contribution < -0.4 is 9.62 Å². The largest absolute Gasteiger partial charge is 0.378 e. The Morgan fingerprint density at radius 2 is 1.88 bits per heavy atom. The van der Waals surface area contributed by atoms with Gasteiger partial charge in [-0.2, -0.15) is 0 Å². The molecular weight excluding hydrogens is 352 g/mol. The van der Waals surface area contributed by atoms with Crippen molar-refractivity contribution in [1.82, 2.24) is 14.9 Å². The molecule has 26 heavy (non-hydrogen) atoms. The third kappa shape index (κ3) is 4.03. The van der Waals surface area contributed by atoms with Gasteiger partial charge < -0.3 is 9.64 Å². The van der Waals surface area contributed by atoms with Gasteiger partial charge in [-0.3, -0.25) is 0 Å². The Morgan fingerprint density at radius 3 is 2.50 bits per heavy atom. The number of nitrogens with zero attached hydrogens (tertiary/aromatic N) is 3. The van der Waals surface area contributed by atoms with Gasteiger partial charge >= 0.3 is 0 Å². The zero-order valence-electron chi connectivity index (χ0n) is 15.1. The van der Waals surface area contributed by atoms with E-state index in [-0.39, 0.29) is 0 Å². The van der Waals surface area contributed by atoms with Gasteiger partial charge in [-0.05, 0) is 30.2 Å². The molecule has 8 heteroatoms. The van der Waals surface area contributed by atoms with E-state index in [2.05, 4.69) is 19.8 Å². The van der Waals surface area contributed by atoms with Crippen LogP contribution in [0.3, 0.4) is 0 Å². The molecule has 0 aliphatic carbocycles. The number of benzene rings is 1. The van der Waals surface area contributed by atoms with Gasteiger partial charge in [0, 0.05) is 25.2 Å². The van der Waals surface area contributed by atoms with Crippen LogP contribution in [0.2, 0.25) is 0 Å². The normalized spacial score (nSPS) is 15.2. The van der Waals surface area contributed by atoms with Crippen molar-refractivity contribution in [2.24, 2.45) is 0 Å². The number of nitrogens with one attached hydrogen (secondary N) is 1. The van der Waals surface area contributed by atoms with Gasteiger partial charge in [-0.25, -0.2) is 13.1 Å². The predicted molar refractivity (Wildman–Crippen MR) is 101 cm³/mol. The highest BCUT2D eigenvalue weighted by Gasteiger charge is 2.19. The molecule has 1 aromatic carbocycles. The van der Waals surface area contributed by atoms with Gasteiger partial charge in [0.2, 0.25) is 10.0 Å². The Labute approximate surface area is 154 Å². The Bertz CT molecular complexity index is 847. The van der Waals surface area contributed by atoms with Crippen LogP contribution in [-0.4, -0.2) is 51.5 Å². The van der Waals surface area contributed by atoms with Gasteiger partial charge in [0.25, 0.3) is 0 Å². The van der Waals surface area contributed by atoms with Crippen LogP contribution in [0.25, 0.3) is 11.3 Å².